The Morgan fingerprint density at radius 1 is 1.15 bits per heavy atom. The van der Waals surface area contributed by atoms with Gasteiger partial charge in [-0.1, -0.05) is 41.9 Å². The van der Waals surface area contributed by atoms with Gasteiger partial charge in [-0.05, 0) is 0 Å². The van der Waals surface area contributed by atoms with Crippen molar-refractivity contribution in [2.24, 2.45) is 0 Å². The van der Waals surface area contributed by atoms with Crippen molar-refractivity contribution in [2.45, 2.75) is 12.3 Å². The van der Waals surface area contributed by atoms with Crippen molar-refractivity contribution in [2.75, 3.05) is 5.73 Å². The lowest BCUT2D eigenvalue weighted by Gasteiger charge is -2.21. The molecule has 0 saturated heterocycles. The first-order chi connectivity index (χ1) is 9.36. The third-order valence-electron chi connectivity index (χ3n) is 2.33. The average molecular weight is 304 g/mol. The Hall–Kier alpha value is -2.02. The van der Waals surface area contributed by atoms with Crippen LogP contribution in [0.5, 0.6) is 5.88 Å². The second-order valence-electron chi connectivity index (χ2n) is 3.84. The maximum absolute atomic E-state index is 13.1. The van der Waals surface area contributed by atoms with Crippen molar-refractivity contribution in [1.29, 1.82) is 0 Å². The van der Waals surface area contributed by atoms with Crippen LogP contribution in [0.15, 0.2) is 36.4 Å². The zero-order valence-electron chi connectivity index (χ0n) is 9.93. The SMILES string of the molecule is Nc1nc(Cl)cc(OC(c2ccccc2)C(F)(F)F)n1. The molecule has 1 atom stereocenters. The largest absolute Gasteiger partial charge is 0.460 e. The van der Waals surface area contributed by atoms with Crippen LogP contribution >= 0.6 is 11.6 Å². The van der Waals surface area contributed by atoms with E-state index in [-0.39, 0.29) is 22.5 Å². The summed E-state index contributed by atoms with van der Waals surface area (Å²) in [7, 11) is 0. The summed E-state index contributed by atoms with van der Waals surface area (Å²) in [6.45, 7) is 0. The van der Waals surface area contributed by atoms with E-state index < -0.39 is 12.3 Å². The first-order valence-electron chi connectivity index (χ1n) is 5.44. The summed E-state index contributed by atoms with van der Waals surface area (Å²) < 4.78 is 44.1. The highest BCUT2D eigenvalue weighted by molar-refractivity contribution is 6.29. The monoisotopic (exact) mass is 303 g/mol. The van der Waals surface area contributed by atoms with E-state index in [1.54, 1.807) is 6.07 Å². The number of rotatable bonds is 3. The van der Waals surface area contributed by atoms with E-state index >= 15 is 0 Å². The fourth-order valence-electron chi connectivity index (χ4n) is 1.55. The molecule has 1 aromatic carbocycles. The van der Waals surface area contributed by atoms with Crippen LogP contribution in [0.3, 0.4) is 0 Å². The Morgan fingerprint density at radius 2 is 1.80 bits per heavy atom. The number of hydrogen-bond acceptors (Lipinski definition) is 4. The lowest BCUT2D eigenvalue weighted by atomic mass is 10.1. The number of nitrogens with zero attached hydrogens (tertiary/aromatic N) is 2. The Bertz CT molecular complexity index is 572. The van der Waals surface area contributed by atoms with Gasteiger partial charge in [-0.15, -0.1) is 0 Å². The molecule has 1 aromatic heterocycles. The van der Waals surface area contributed by atoms with Crippen molar-refractivity contribution < 1.29 is 17.9 Å². The Morgan fingerprint density at radius 3 is 2.35 bits per heavy atom. The molecule has 0 saturated carbocycles. The highest BCUT2D eigenvalue weighted by atomic mass is 35.5. The summed E-state index contributed by atoms with van der Waals surface area (Å²) in [5.74, 6) is -0.602. The van der Waals surface area contributed by atoms with Crippen LogP contribution in [0, 0.1) is 0 Å². The number of benzene rings is 1. The Labute approximate surface area is 117 Å². The molecule has 8 heteroatoms. The van der Waals surface area contributed by atoms with Crippen molar-refractivity contribution in [3.63, 3.8) is 0 Å². The molecular weight excluding hydrogens is 295 g/mol. The zero-order valence-corrected chi connectivity index (χ0v) is 10.7. The summed E-state index contributed by atoms with van der Waals surface area (Å²) in [6.07, 6.45) is -6.76. The molecular formula is C12H9ClF3N3O. The van der Waals surface area contributed by atoms with Gasteiger partial charge in [-0.2, -0.15) is 18.2 Å². The molecule has 0 radical (unpaired) electrons. The topological polar surface area (TPSA) is 61.0 Å². The van der Waals surface area contributed by atoms with Crippen LogP contribution in [0.4, 0.5) is 19.1 Å². The standard InChI is InChI=1S/C12H9ClF3N3O/c13-8-6-9(19-11(17)18-8)20-10(12(14,15)16)7-4-2-1-3-5-7/h1-6,10H,(H2,17,18,19). The second kappa shape index (κ2) is 5.54. The molecule has 0 aliphatic rings. The fourth-order valence-corrected chi connectivity index (χ4v) is 1.73. The van der Waals surface area contributed by atoms with Crippen molar-refractivity contribution >= 4 is 17.5 Å². The van der Waals surface area contributed by atoms with E-state index in [1.807, 2.05) is 0 Å². The maximum atomic E-state index is 13.1. The lowest BCUT2D eigenvalue weighted by Crippen LogP contribution is -2.26. The fraction of sp³-hybridized carbons (Fsp3) is 0.167. The van der Waals surface area contributed by atoms with Crippen molar-refractivity contribution in [3.05, 3.63) is 47.1 Å². The number of halogens is 4. The van der Waals surface area contributed by atoms with Gasteiger partial charge in [0.05, 0.1) is 0 Å². The third kappa shape index (κ3) is 3.51. The summed E-state index contributed by atoms with van der Waals surface area (Å²) in [6, 6.07) is 8.27. The van der Waals surface area contributed by atoms with Crippen LogP contribution in [0.1, 0.15) is 11.7 Å². The molecule has 4 nitrogen and oxygen atoms in total. The first kappa shape index (κ1) is 14.4. The van der Waals surface area contributed by atoms with E-state index in [0.29, 0.717) is 0 Å². The predicted molar refractivity (Wildman–Crippen MR) is 67.3 cm³/mol. The van der Waals surface area contributed by atoms with Gasteiger partial charge >= 0.3 is 6.18 Å². The van der Waals surface area contributed by atoms with E-state index in [1.165, 1.54) is 24.3 Å². The first-order valence-corrected chi connectivity index (χ1v) is 5.82. The number of anilines is 1. The molecule has 0 aliphatic heterocycles. The van der Waals surface area contributed by atoms with Gasteiger partial charge in [0.2, 0.25) is 17.9 Å². The molecule has 2 N–H and O–H groups in total. The van der Waals surface area contributed by atoms with Gasteiger partial charge in [-0.3, -0.25) is 0 Å². The van der Waals surface area contributed by atoms with Crippen LogP contribution in [0.2, 0.25) is 5.15 Å². The van der Waals surface area contributed by atoms with Crippen molar-refractivity contribution in [3.8, 4) is 5.88 Å². The predicted octanol–water partition coefficient (Wildman–Crippen LogP) is 3.39. The molecule has 0 aliphatic carbocycles. The van der Waals surface area contributed by atoms with Crippen molar-refractivity contribution in [1.82, 2.24) is 9.97 Å². The molecule has 0 spiro atoms. The number of nitrogens with two attached hydrogens (primary N) is 1. The van der Waals surface area contributed by atoms with Crippen LogP contribution < -0.4 is 10.5 Å². The summed E-state index contributed by atoms with van der Waals surface area (Å²) in [5, 5.41) is -0.0958. The number of hydrogen-bond donors (Lipinski definition) is 1. The summed E-state index contributed by atoms with van der Waals surface area (Å²) in [5.41, 5.74) is 5.27. The minimum absolute atomic E-state index is 0.0479. The van der Waals surface area contributed by atoms with Gasteiger partial charge in [0, 0.05) is 11.6 Å². The maximum Gasteiger partial charge on any atom is 0.429 e. The molecule has 0 bridgehead atoms. The number of aromatic nitrogens is 2. The quantitative estimate of drug-likeness (QED) is 0.883. The molecule has 20 heavy (non-hydrogen) atoms. The lowest BCUT2D eigenvalue weighted by molar-refractivity contribution is -0.198. The average Bonchev–Trinajstić information content (AvgIpc) is 2.34. The number of ether oxygens (including phenoxy) is 1. The molecule has 0 fully saturated rings. The summed E-state index contributed by atoms with van der Waals surface area (Å²) in [4.78, 5) is 7.12. The van der Waals surface area contributed by atoms with Gasteiger partial charge in [0.15, 0.2) is 0 Å². The highest BCUT2D eigenvalue weighted by Crippen LogP contribution is 2.36. The van der Waals surface area contributed by atoms with Gasteiger partial charge in [0.1, 0.15) is 5.15 Å². The molecule has 2 rings (SSSR count). The van der Waals surface area contributed by atoms with Crippen LogP contribution in [-0.2, 0) is 0 Å². The minimum Gasteiger partial charge on any atom is -0.460 e. The third-order valence-corrected chi connectivity index (χ3v) is 2.52. The zero-order chi connectivity index (χ0) is 14.8. The second-order valence-corrected chi connectivity index (χ2v) is 4.22. The van der Waals surface area contributed by atoms with Crippen LogP contribution in [0.25, 0.3) is 0 Å². The molecule has 2 aromatic rings. The molecule has 1 unspecified atom stereocenters. The van der Waals surface area contributed by atoms with Gasteiger partial charge in [0.25, 0.3) is 0 Å². The summed E-state index contributed by atoms with van der Waals surface area (Å²) >= 11 is 5.60. The van der Waals surface area contributed by atoms with E-state index in [4.69, 9.17) is 22.1 Å². The Balaban J connectivity index is 2.34. The van der Waals surface area contributed by atoms with E-state index in [2.05, 4.69) is 9.97 Å². The van der Waals surface area contributed by atoms with E-state index in [0.717, 1.165) is 6.07 Å². The van der Waals surface area contributed by atoms with Gasteiger partial charge in [-0.25, -0.2) is 4.98 Å². The smallest absolute Gasteiger partial charge is 0.429 e. The molecule has 106 valence electrons. The van der Waals surface area contributed by atoms with Crippen LogP contribution in [-0.4, -0.2) is 16.1 Å². The molecule has 1 heterocycles. The molecule has 0 amide bonds. The number of alkyl halides is 3. The normalized spacial score (nSPS) is 13.0. The number of nitrogen functional groups attached to an aromatic ring is 1. The highest BCUT2D eigenvalue weighted by Gasteiger charge is 2.43. The van der Waals surface area contributed by atoms with E-state index in [9.17, 15) is 13.2 Å². The minimum atomic E-state index is -4.60. The Kier molecular flexibility index (Phi) is 3.99. The van der Waals surface area contributed by atoms with Gasteiger partial charge < -0.3 is 10.5 Å².